The topological polar surface area (TPSA) is 76.0 Å². The Morgan fingerprint density at radius 1 is 1.07 bits per heavy atom. The maximum atomic E-state index is 11.9. The van der Waals surface area contributed by atoms with E-state index in [1.54, 1.807) is 25.1 Å². The van der Waals surface area contributed by atoms with Crippen LogP contribution in [0.3, 0.4) is 0 Å². The van der Waals surface area contributed by atoms with Crippen LogP contribution in [0.2, 0.25) is 0 Å². The van der Waals surface area contributed by atoms with E-state index in [9.17, 15) is 9.90 Å². The molecule has 5 nitrogen and oxygen atoms in total. The van der Waals surface area contributed by atoms with Crippen molar-refractivity contribution in [2.24, 2.45) is 0 Å². The Balaban J connectivity index is 2.25. The van der Waals surface area contributed by atoms with Crippen LogP contribution in [-0.2, 0) is 14.2 Å². The molecule has 0 aliphatic heterocycles. The van der Waals surface area contributed by atoms with Crippen molar-refractivity contribution in [1.82, 2.24) is 0 Å². The van der Waals surface area contributed by atoms with Gasteiger partial charge in [-0.3, -0.25) is 4.79 Å². The molecule has 0 unspecified atom stereocenters. The van der Waals surface area contributed by atoms with E-state index in [0.29, 0.717) is 5.57 Å². The molecule has 3 rings (SSSR count). The Labute approximate surface area is 161 Å². The number of aromatic hydroxyl groups is 1. The minimum Gasteiger partial charge on any atom is -0.508 e. The molecule has 0 radical (unpaired) electrons. The molecule has 1 aliphatic carbocycles. The summed E-state index contributed by atoms with van der Waals surface area (Å²) in [6.45, 7) is 3.60. The van der Waals surface area contributed by atoms with Crippen LogP contribution in [0.25, 0.3) is 5.57 Å². The predicted octanol–water partition coefficient (Wildman–Crippen LogP) is 5.02. The van der Waals surface area contributed by atoms with Crippen molar-refractivity contribution in [3.8, 4) is 5.75 Å². The molecule has 0 fully saturated rings. The first-order chi connectivity index (χ1) is 13.0. The first kappa shape index (κ1) is 19.1. The zero-order valence-electron chi connectivity index (χ0n) is 14.8. The molecule has 0 spiro atoms. The highest BCUT2D eigenvalue weighted by Crippen LogP contribution is 2.37. The summed E-state index contributed by atoms with van der Waals surface area (Å²) in [4.78, 5) is 12.6. The van der Waals surface area contributed by atoms with Gasteiger partial charge in [0.1, 0.15) is 5.75 Å². The zero-order valence-corrected chi connectivity index (χ0v) is 15.6. The number of ketones is 1. The molecule has 0 bridgehead atoms. The molecule has 1 aliphatic rings. The van der Waals surface area contributed by atoms with Gasteiger partial charge < -0.3 is 5.11 Å². The van der Waals surface area contributed by atoms with Crippen molar-refractivity contribution in [1.29, 1.82) is 0 Å². The van der Waals surface area contributed by atoms with Gasteiger partial charge in [-0.05, 0) is 77.6 Å². The number of rotatable bonds is 5. The third-order valence-electron chi connectivity index (χ3n) is 4.26. The minimum atomic E-state index is -0.0281. The van der Waals surface area contributed by atoms with Crippen LogP contribution in [0.5, 0.6) is 5.75 Å². The van der Waals surface area contributed by atoms with Crippen LogP contribution < -0.4 is 0 Å². The molecule has 2 aromatic rings. The largest absolute Gasteiger partial charge is 0.508 e. The van der Waals surface area contributed by atoms with E-state index in [4.69, 9.17) is 5.26 Å². The molecule has 0 saturated heterocycles. The Morgan fingerprint density at radius 3 is 2.56 bits per heavy atom. The fraction of sp³-hybridized carbons (Fsp3) is 0.0952. The van der Waals surface area contributed by atoms with Gasteiger partial charge >= 0.3 is 0 Å². The summed E-state index contributed by atoms with van der Waals surface area (Å²) in [7, 11) is 0. The van der Waals surface area contributed by atoms with E-state index in [1.165, 1.54) is 0 Å². The maximum Gasteiger partial charge on any atom is 0.181 e. The highest BCUT2D eigenvalue weighted by molar-refractivity contribution is 7.94. The van der Waals surface area contributed by atoms with Gasteiger partial charge in [0.2, 0.25) is 0 Å². The van der Waals surface area contributed by atoms with Gasteiger partial charge in [-0.1, -0.05) is 35.4 Å². The van der Waals surface area contributed by atoms with Crippen LogP contribution in [0.15, 0.2) is 76.7 Å². The van der Waals surface area contributed by atoms with Crippen molar-refractivity contribution in [3.63, 3.8) is 0 Å². The first-order valence-electron chi connectivity index (χ1n) is 8.20. The second kappa shape index (κ2) is 8.37. The van der Waals surface area contributed by atoms with Crippen molar-refractivity contribution in [2.75, 3.05) is 0 Å². The molecule has 6 heteroatoms. The molecule has 27 heavy (non-hydrogen) atoms. The number of benzene rings is 2. The highest BCUT2D eigenvalue weighted by atomic mass is 32.2. The summed E-state index contributed by atoms with van der Waals surface area (Å²) in [5, 5.41) is 22.2. The quantitative estimate of drug-likeness (QED) is 0.430. The number of phenolic OH excluding ortho intramolecular Hbond substituents is 1. The summed E-state index contributed by atoms with van der Waals surface area (Å²) in [6, 6.07) is 12.8. The number of carbonyl (C=O) groups excluding carboxylic acids is 1. The molecule has 0 aromatic heterocycles. The third kappa shape index (κ3) is 4.20. The van der Waals surface area contributed by atoms with Crippen molar-refractivity contribution >= 4 is 23.4 Å². The van der Waals surface area contributed by atoms with E-state index in [-0.39, 0.29) is 11.5 Å². The van der Waals surface area contributed by atoms with Crippen LogP contribution >= 0.6 is 12.0 Å². The van der Waals surface area contributed by atoms with E-state index in [2.05, 4.69) is 9.37 Å². The Bertz CT molecular complexity index is 972. The molecule has 2 N–H and O–H groups in total. The number of allylic oxidation sites excluding steroid dienone is 5. The molecule has 2 aromatic carbocycles. The minimum absolute atomic E-state index is 0.0281. The summed E-state index contributed by atoms with van der Waals surface area (Å²) in [5.74, 6) is 0.184. The van der Waals surface area contributed by atoms with Gasteiger partial charge in [-0.2, -0.15) is 0 Å². The molecule has 0 saturated carbocycles. The fourth-order valence-corrected chi connectivity index (χ4v) is 3.39. The van der Waals surface area contributed by atoms with E-state index < -0.39 is 0 Å². The maximum absolute atomic E-state index is 11.9. The molecular formula is C21H18O5S. The van der Waals surface area contributed by atoms with Gasteiger partial charge in [-0.15, -0.1) is 4.33 Å². The number of hydrogen-bond donors (Lipinski definition) is 2. The molecule has 138 valence electrons. The lowest BCUT2D eigenvalue weighted by molar-refractivity contribution is -0.432. The Kier molecular flexibility index (Phi) is 5.93. The van der Waals surface area contributed by atoms with Crippen LogP contribution in [0, 0.1) is 6.92 Å². The van der Waals surface area contributed by atoms with Crippen molar-refractivity contribution in [2.45, 2.75) is 18.7 Å². The first-order valence-corrected chi connectivity index (χ1v) is 8.94. The molecule has 0 atom stereocenters. The van der Waals surface area contributed by atoms with Gasteiger partial charge in [-0.25, -0.2) is 5.26 Å². The third-order valence-corrected chi connectivity index (χ3v) is 4.92. The van der Waals surface area contributed by atoms with Crippen LogP contribution in [-0.4, -0.2) is 16.1 Å². The normalized spacial score (nSPS) is 15.7. The predicted molar refractivity (Wildman–Crippen MR) is 104 cm³/mol. The van der Waals surface area contributed by atoms with Crippen LogP contribution in [0.4, 0.5) is 0 Å². The second-order valence-corrected chi connectivity index (χ2v) is 6.82. The molecule has 0 amide bonds. The standard InChI is InChI=1S/C21H18O5S/c1-13-11-15(7-9-18(13)22)21(16-8-10-19(23)14(2)12-16)17-5-3-4-6-20(17)27-26-25-24/h3-12,22,24H,1-2H3. The highest BCUT2D eigenvalue weighted by Gasteiger charge is 2.18. The SMILES string of the molecule is CC1=CC(=C(c2ccc(O)c(C)c2)c2ccccc2SOOO)C=CC1=O. The Hall–Kier alpha value is -2.64. The summed E-state index contributed by atoms with van der Waals surface area (Å²) in [5.41, 5.74) is 4.81. The number of aryl methyl sites for hydroxylation is 1. The summed E-state index contributed by atoms with van der Waals surface area (Å²) >= 11 is 0.875. The number of carbonyl (C=O) groups is 1. The molecular weight excluding hydrogens is 364 g/mol. The number of hydrogen-bond acceptors (Lipinski definition) is 6. The van der Waals surface area contributed by atoms with E-state index >= 15 is 0 Å². The zero-order chi connectivity index (χ0) is 19.4. The fourth-order valence-electron chi connectivity index (χ4n) is 2.89. The van der Waals surface area contributed by atoms with Crippen LogP contribution in [0.1, 0.15) is 23.6 Å². The summed E-state index contributed by atoms with van der Waals surface area (Å²) < 4.78 is 4.64. The lowest BCUT2D eigenvalue weighted by Gasteiger charge is -2.17. The van der Waals surface area contributed by atoms with E-state index in [0.717, 1.165) is 44.8 Å². The smallest absolute Gasteiger partial charge is 0.181 e. The van der Waals surface area contributed by atoms with E-state index in [1.807, 2.05) is 49.4 Å². The van der Waals surface area contributed by atoms with Gasteiger partial charge in [0.15, 0.2) is 5.78 Å². The monoisotopic (exact) mass is 382 g/mol. The van der Waals surface area contributed by atoms with Gasteiger partial charge in [0, 0.05) is 4.90 Å². The average molecular weight is 382 g/mol. The lowest BCUT2D eigenvalue weighted by Crippen LogP contribution is -2.03. The number of phenols is 1. The Morgan fingerprint density at radius 2 is 1.85 bits per heavy atom. The molecule has 0 heterocycles. The van der Waals surface area contributed by atoms with Crippen molar-refractivity contribution < 1.29 is 24.5 Å². The van der Waals surface area contributed by atoms with Gasteiger partial charge in [0.05, 0.1) is 12.0 Å². The lowest BCUT2D eigenvalue weighted by atomic mass is 9.88. The summed E-state index contributed by atoms with van der Waals surface area (Å²) in [6.07, 6.45) is 5.16. The average Bonchev–Trinajstić information content (AvgIpc) is 2.67. The van der Waals surface area contributed by atoms with Crippen molar-refractivity contribution in [3.05, 3.63) is 88.5 Å². The second-order valence-electron chi connectivity index (χ2n) is 6.08. The van der Waals surface area contributed by atoms with Gasteiger partial charge in [0.25, 0.3) is 0 Å².